The molecule has 0 unspecified atom stereocenters. The van der Waals surface area contributed by atoms with Crippen molar-refractivity contribution in [1.29, 1.82) is 0 Å². The SMILES string of the molecule is O=C1C(Nc2ccccc2)=C(c2ccccc2)C(=O)N1c1ccccc1F. The van der Waals surface area contributed by atoms with Gasteiger partial charge in [-0.25, -0.2) is 9.29 Å². The second-order valence-corrected chi connectivity index (χ2v) is 6.00. The Morgan fingerprint density at radius 1 is 0.704 bits per heavy atom. The molecule has 0 aromatic heterocycles. The van der Waals surface area contributed by atoms with Gasteiger partial charge in [0, 0.05) is 5.69 Å². The van der Waals surface area contributed by atoms with Gasteiger partial charge in [-0.05, 0) is 29.8 Å². The minimum absolute atomic E-state index is 0.0641. The van der Waals surface area contributed by atoms with Crippen LogP contribution >= 0.6 is 0 Å². The van der Waals surface area contributed by atoms with Crippen LogP contribution in [-0.2, 0) is 9.59 Å². The summed E-state index contributed by atoms with van der Waals surface area (Å²) >= 11 is 0. The van der Waals surface area contributed by atoms with E-state index in [-0.39, 0.29) is 17.0 Å². The van der Waals surface area contributed by atoms with Gasteiger partial charge in [0.1, 0.15) is 11.5 Å². The lowest BCUT2D eigenvalue weighted by atomic mass is 10.0. The summed E-state index contributed by atoms with van der Waals surface area (Å²) in [6.45, 7) is 0. The average molecular weight is 358 g/mol. The van der Waals surface area contributed by atoms with E-state index < -0.39 is 17.6 Å². The summed E-state index contributed by atoms with van der Waals surface area (Å²) < 4.78 is 14.3. The molecule has 0 atom stereocenters. The van der Waals surface area contributed by atoms with Crippen molar-refractivity contribution in [2.24, 2.45) is 0 Å². The summed E-state index contributed by atoms with van der Waals surface area (Å²) in [6, 6.07) is 23.7. The van der Waals surface area contributed by atoms with Crippen LogP contribution in [0.5, 0.6) is 0 Å². The minimum atomic E-state index is -0.632. The highest BCUT2D eigenvalue weighted by molar-refractivity contribution is 6.46. The van der Waals surface area contributed by atoms with E-state index in [4.69, 9.17) is 0 Å². The first kappa shape index (κ1) is 16.7. The number of hydrogen-bond donors (Lipinski definition) is 1. The van der Waals surface area contributed by atoms with Gasteiger partial charge in [-0.3, -0.25) is 9.59 Å². The molecular formula is C22H15FN2O2. The quantitative estimate of drug-likeness (QED) is 0.711. The third-order valence-electron chi connectivity index (χ3n) is 4.28. The smallest absolute Gasteiger partial charge is 0.282 e. The standard InChI is InChI=1S/C22H15FN2O2/c23-17-13-7-8-14-18(17)25-21(26)19(15-9-3-1-4-10-15)20(22(25)27)24-16-11-5-2-6-12-16/h1-14,24H. The van der Waals surface area contributed by atoms with Crippen LogP contribution < -0.4 is 10.2 Å². The molecule has 1 aliphatic heterocycles. The van der Waals surface area contributed by atoms with Crippen LogP contribution in [0.25, 0.3) is 5.57 Å². The Bertz CT molecular complexity index is 1050. The second-order valence-electron chi connectivity index (χ2n) is 6.00. The number of benzene rings is 3. The highest BCUT2D eigenvalue weighted by atomic mass is 19.1. The van der Waals surface area contributed by atoms with Crippen LogP contribution in [-0.4, -0.2) is 11.8 Å². The first-order valence-corrected chi connectivity index (χ1v) is 8.42. The lowest BCUT2D eigenvalue weighted by Gasteiger charge is -2.16. The van der Waals surface area contributed by atoms with Gasteiger partial charge in [0.15, 0.2) is 0 Å². The van der Waals surface area contributed by atoms with Gasteiger partial charge in [-0.1, -0.05) is 60.7 Å². The number of para-hydroxylation sites is 2. The molecule has 1 aliphatic rings. The molecule has 4 nitrogen and oxygen atoms in total. The van der Waals surface area contributed by atoms with Gasteiger partial charge in [0.2, 0.25) is 0 Å². The number of amides is 2. The number of carbonyl (C=O) groups is 2. The highest BCUT2D eigenvalue weighted by Crippen LogP contribution is 2.34. The van der Waals surface area contributed by atoms with E-state index in [1.807, 2.05) is 24.3 Å². The highest BCUT2D eigenvalue weighted by Gasteiger charge is 2.41. The predicted molar refractivity (Wildman–Crippen MR) is 102 cm³/mol. The summed E-state index contributed by atoms with van der Waals surface area (Å²) in [5, 5.41) is 3.03. The van der Waals surface area contributed by atoms with Crippen LogP contribution in [0.15, 0.2) is 90.6 Å². The number of imide groups is 1. The first-order chi connectivity index (χ1) is 13.2. The van der Waals surface area contributed by atoms with Gasteiger partial charge in [-0.2, -0.15) is 0 Å². The van der Waals surface area contributed by atoms with Gasteiger partial charge in [-0.15, -0.1) is 0 Å². The molecule has 3 aromatic rings. The van der Waals surface area contributed by atoms with Crippen molar-refractivity contribution in [1.82, 2.24) is 0 Å². The number of halogens is 1. The molecule has 0 bridgehead atoms. The van der Waals surface area contributed by atoms with E-state index in [1.54, 1.807) is 42.5 Å². The lowest BCUT2D eigenvalue weighted by Crippen LogP contribution is -2.33. The van der Waals surface area contributed by atoms with Crippen LogP contribution in [0.1, 0.15) is 5.56 Å². The maximum atomic E-state index is 14.3. The fraction of sp³-hybridized carbons (Fsp3) is 0. The molecule has 5 heteroatoms. The Labute approximate surface area is 155 Å². The summed E-state index contributed by atoms with van der Waals surface area (Å²) in [7, 11) is 0. The minimum Gasteiger partial charge on any atom is -0.350 e. The molecule has 4 rings (SSSR count). The molecule has 0 saturated heterocycles. The summed E-state index contributed by atoms with van der Waals surface area (Å²) in [6.07, 6.45) is 0. The number of carbonyl (C=O) groups excluding carboxylic acids is 2. The summed E-state index contributed by atoms with van der Waals surface area (Å²) in [4.78, 5) is 27.1. The molecule has 2 amide bonds. The fourth-order valence-electron chi connectivity index (χ4n) is 3.04. The number of hydrogen-bond acceptors (Lipinski definition) is 3. The second kappa shape index (κ2) is 6.88. The topological polar surface area (TPSA) is 49.4 Å². The number of anilines is 2. The maximum absolute atomic E-state index is 14.3. The van der Waals surface area contributed by atoms with Crippen molar-refractivity contribution in [3.63, 3.8) is 0 Å². The number of rotatable bonds is 4. The van der Waals surface area contributed by atoms with Crippen LogP contribution in [0.3, 0.4) is 0 Å². The van der Waals surface area contributed by atoms with Crippen LogP contribution in [0.2, 0.25) is 0 Å². The fourth-order valence-corrected chi connectivity index (χ4v) is 3.04. The lowest BCUT2D eigenvalue weighted by molar-refractivity contribution is -0.120. The Hall–Kier alpha value is -3.73. The van der Waals surface area contributed by atoms with Crippen molar-refractivity contribution in [2.45, 2.75) is 0 Å². The Morgan fingerprint density at radius 2 is 1.30 bits per heavy atom. The molecule has 0 aliphatic carbocycles. The third kappa shape index (κ3) is 3.00. The third-order valence-corrected chi connectivity index (χ3v) is 4.28. The van der Waals surface area contributed by atoms with Crippen molar-refractivity contribution < 1.29 is 14.0 Å². The molecular weight excluding hydrogens is 343 g/mol. The summed E-state index contributed by atoms with van der Waals surface area (Å²) in [5.41, 5.74) is 1.53. The maximum Gasteiger partial charge on any atom is 0.282 e. The summed E-state index contributed by atoms with van der Waals surface area (Å²) in [5.74, 6) is -1.78. The molecule has 1 N–H and O–H groups in total. The van der Waals surface area contributed by atoms with E-state index in [0.717, 1.165) is 4.90 Å². The van der Waals surface area contributed by atoms with E-state index in [1.165, 1.54) is 18.2 Å². The van der Waals surface area contributed by atoms with Crippen molar-refractivity contribution >= 4 is 28.8 Å². The van der Waals surface area contributed by atoms with Crippen molar-refractivity contribution in [3.05, 3.63) is 102 Å². The van der Waals surface area contributed by atoms with Gasteiger partial charge >= 0.3 is 0 Å². The van der Waals surface area contributed by atoms with Gasteiger partial charge in [0.05, 0.1) is 11.3 Å². The normalized spacial score (nSPS) is 14.0. The molecule has 0 radical (unpaired) electrons. The Kier molecular flexibility index (Phi) is 4.26. The molecule has 0 spiro atoms. The predicted octanol–water partition coefficient (Wildman–Crippen LogP) is 4.22. The largest absolute Gasteiger partial charge is 0.350 e. The number of nitrogens with one attached hydrogen (secondary N) is 1. The first-order valence-electron chi connectivity index (χ1n) is 8.42. The molecule has 27 heavy (non-hydrogen) atoms. The zero-order chi connectivity index (χ0) is 18.8. The molecule has 3 aromatic carbocycles. The van der Waals surface area contributed by atoms with E-state index in [0.29, 0.717) is 11.3 Å². The zero-order valence-corrected chi connectivity index (χ0v) is 14.2. The molecule has 1 heterocycles. The number of nitrogens with zero attached hydrogens (tertiary/aromatic N) is 1. The van der Waals surface area contributed by atoms with E-state index >= 15 is 0 Å². The van der Waals surface area contributed by atoms with E-state index in [9.17, 15) is 14.0 Å². The van der Waals surface area contributed by atoms with Crippen molar-refractivity contribution in [3.8, 4) is 0 Å². The Morgan fingerprint density at radius 3 is 1.96 bits per heavy atom. The van der Waals surface area contributed by atoms with Crippen LogP contribution in [0, 0.1) is 5.82 Å². The molecule has 0 saturated carbocycles. The zero-order valence-electron chi connectivity index (χ0n) is 14.2. The van der Waals surface area contributed by atoms with Gasteiger partial charge in [0.25, 0.3) is 11.8 Å². The van der Waals surface area contributed by atoms with E-state index in [2.05, 4.69) is 5.32 Å². The van der Waals surface area contributed by atoms with Crippen LogP contribution in [0.4, 0.5) is 15.8 Å². The molecule has 132 valence electrons. The van der Waals surface area contributed by atoms with Crippen molar-refractivity contribution in [2.75, 3.05) is 10.2 Å². The molecule has 0 fully saturated rings. The monoisotopic (exact) mass is 358 g/mol. The van der Waals surface area contributed by atoms with Gasteiger partial charge < -0.3 is 5.32 Å². The average Bonchev–Trinajstić information content (AvgIpc) is 2.94. The Balaban J connectivity index is 1.84.